The standard InChI is InChI=1S/C13H17ClN2O2/c1-4-8(2)15-12(17)13(18)16-11-7-5-6-10(14)9(11)3/h5-8H,4H2,1-3H3,(H,15,17)(H,16,18). The molecule has 0 bridgehead atoms. The molecule has 1 rings (SSSR count). The topological polar surface area (TPSA) is 58.2 Å². The van der Waals surface area contributed by atoms with Crippen molar-refractivity contribution in [3.63, 3.8) is 0 Å². The second-order valence-corrected chi connectivity index (χ2v) is 4.56. The first-order chi connectivity index (χ1) is 8.45. The third-order valence-electron chi connectivity index (χ3n) is 2.71. The van der Waals surface area contributed by atoms with Gasteiger partial charge >= 0.3 is 11.8 Å². The number of amides is 2. The number of hydrogen-bond acceptors (Lipinski definition) is 2. The molecule has 0 aromatic heterocycles. The van der Waals surface area contributed by atoms with Crippen LogP contribution in [0.2, 0.25) is 5.02 Å². The van der Waals surface area contributed by atoms with Crippen molar-refractivity contribution in [2.45, 2.75) is 33.2 Å². The van der Waals surface area contributed by atoms with Gasteiger partial charge in [0.05, 0.1) is 0 Å². The van der Waals surface area contributed by atoms with Gasteiger partial charge in [0.15, 0.2) is 0 Å². The predicted molar refractivity (Wildman–Crippen MR) is 72.7 cm³/mol. The number of benzene rings is 1. The number of rotatable bonds is 3. The van der Waals surface area contributed by atoms with E-state index in [2.05, 4.69) is 10.6 Å². The lowest BCUT2D eigenvalue weighted by atomic mass is 10.2. The lowest BCUT2D eigenvalue weighted by molar-refractivity contribution is -0.136. The maximum Gasteiger partial charge on any atom is 0.313 e. The highest BCUT2D eigenvalue weighted by atomic mass is 35.5. The molecule has 0 aliphatic rings. The van der Waals surface area contributed by atoms with E-state index in [4.69, 9.17) is 11.6 Å². The summed E-state index contributed by atoms with van der Waals surface area (Å²) in [5, 5.41) is 5.70. The molecule has 0 heterocycles. The summed E-state index contributed by atoms with van der Waals surface area (Å²) in [7, 11) is 0. The van der Waals surface area contributed by atoms with Crippen LogP contribution in [-0.2, 0) is 9.59 Å². The number of carbonyl (C=O) groups excluding carboxylic acids is 2. The lowest BCUT2D eigenvalue weighted by Crippen LogP contribution is -2.40. The summed E-state index contributed by atoms with van der Waals surface area (Å²) >= 11 is 5.93. The largest absolute Gasteiger partial charge is 0.345 e. The Kier molecular flexibility index (Phi) is 5.16. The van der Waals surface area contributed by atoms with Crippen LogP contribution in [-0.4, -0.2) is 17.9 Å². The first kappa shape index (κ1) is 14.5. The minimum absolute atomic E-state index is 0.0243. The summed E-state index contributed by atoms with van der Waals surface area (Å²) < 4.78 is 0. The Balaban J connectivity index is 2.70. The molecule has 2 amide bonds. The zero-order chi connectivity index (χ0) is 13.7. The highest BCUT2D eigenvalue weighted by Crippen LogP contribution is 2.22. The van der Waals surface area contributed by atoms with Crippen molar-refractivity contribution in [1.82, 2.24) is 5.32 Å². The maximum absolute atomic E-state index is 11.7. The fourth-order valence-electron chi connectivity index (χ4n) is 1.31. The van der Waals surface area contributed by atoms with Crippen LogP contribution < -0.4 is 10.6 Å². The molecular weight excluding hydrogens is 252 g/mol. The minimum atomic E-state index is -0.680. The molecule has 1 atom stereocenters. The van der Waals surface area contributed by atoms with Crippen LogP contribution in [0.4, 0.5) is 5.69 Å². The number of carbonyl (C=O) groups is 2. The summed E-state index contributed by atoms with van der Waals surface area (Å²) in [6.07, 6.45) is 0.773. The van der Waals surface area contributed by atoms with E-state index in [9.17, 15) is 9.59 Å². The molecule has 0 saturated heterocycles. The molecular formula is C13H17ClN2O2. The number of hydrogen-bond donors (Lipinski definition) is 2. The van der Waals surface area contributed by atoms with Gasteiger partial charge in [0.2, 0.25) is 0 Å². The van der Waals surface area contributed by atoms with Crippen LogP contribution in [0.3, 0.4) is 0 Å². The Morgan fingerprint density at radius 2 is 2.00 bits per heavy atom. The third-order valence-corrected chi connectivity index (χ3v) is 3.12. The van der Waals surface area contributed by atoms with Crippen LogP contribution in [0, 0.1) is 6.92 Å². The molecule has 0 radical (unpaired) electrons. The van der Waals surface area contributed by atoms with Crippen molar-refractivity contribution < 1.29 is 9.59 Å². The number of anilines is 1. The summed E-state index contributed by atoms with van der Waals surface area (Å²) in [6.45, 7) is 5.56. The first-order valence-corrected chi connectivity index (χ1v) is 6.20. The summed E-state index contributed by atoms with van der Waals surface area (Å²) in [6, 6.07) is 5.13. The molecule has 0 fully saturated rings. The number of nitrogens with one attached hydrogen (secondary N) is 2. The molecule has 0 saturated carbocycles. The van der Waals surface area contributed by atoms with E-state index in [0.29, 0.717) is 10.7 Å². The second kappa shape index (κ2) is 6.40. The Morgan fingerprint density at radius 1 is 1.33 bits per heavy atom. The molecule has 2 N–H and O–H groups in total. The highest BCUT2D eigenvalue weighted by Gasteiger charge is 2.16. The van der Waals surface area contributed by atoms with Crippen LogP contribution in [0.5, 0.6) is 0 Å². The molecule has 98 valence electrons. The number of halogens is 1. The fourth-order valence-corrected chi connectivity index (χ4v) is 1.49. The molecule has 5 heteroatoms. The zero-order valence-corrected chi connectivity index (χ0v) is 11.5. The van der Waals surface area contributed by atoms with E-state index in [-0.39, 0.29) is 6.04 Å². The van der Waals surface area contributed by atoms with E-state index in [0.717, 1.165) is 12.0 Å². The molecule has 1 aromatic rings. The molecule has 0 aliphatic carbocycles. The SMILES string of the molecule is CCC(C)NC(=O)C(=O)Nc1cccc(Cl)c1C. The quantitative estimate of drug-likeness (QED) is 0.828. The molecule has 1 unspecified atom stereocenters. The van der Waals surface area contributed by atoms with E-state index >= 15 is 0 Å². The van der Waals surface area contributed by atoms with E-state index in [1.807, 2.05) is 13.8 Å². The zero-order valence-electron chi connectivity index (χ0n) is 10.7. The Morgan fingerprint density at radius 3 is 2.61 bits per heavy atom. The second-order valence-electron chi connectivity index (χ2n) is 4.15. The molecule has 0 spiro atoms. The van der Waals surface area contributed by atoms with Gasteiger partial charge in [0.1, 0.15) is 0 Å². The van der Waals surface area contributed by atoms with Crippen LogP contribution in [0.15, 0.2) is 18.2 Å². The minimum Gasteiger partial charge on any atom is -0.345 e. The van der Waals surface area contributed by atoms with Gasteiger partial charge in [-0.15, -0.1) is 0 Å². The summed E-state index contributed by atoms with van der Waals surface area (Å²) in [5.41, 5.74) is 1.29. The third kappa shape index (κ3) is 3.74. The average molecular weight is 269 g/mol. The molecule has 18 heavy (non-hydrogen) atoms. The monoisotopic (exact) mass is 268 g/mol. The smallest absolute Gasteiger partial charge is 0.313 e. The van der Waals surface area contributed by atoms with Gasteiger partial charge in [-0.2, -0.15) is 0 Å². The van der Waals surface area contributed by atoms with E-state index < -0.39 is 11.8 Å². The summed E-state index contributed by atoms with van der Waals surface area (Å²) in [5.74, 6) is -1.32. The van der Waals surface area contributed by atoms with Crippen LogP contribution in [0.1, 0.15) is 25.8 Å². The lowest BCUT2D eigenvalue weighted by Gasteiger charge is -2.12. The van der Waals surface area contributed by atoms with Gasteiger partial charge in [-0.05, 0) is 38.0 Å². The van der Waals surface area contributed by atoms with Gasteiger partial charge in [-0.25, -0.2) is 0 Å². The van der Waals surface area contributed by atoms with Crippen LogP contribution >= 0.6 is 11.6 Å². The average Bonchev–Trinajstić information content (AvgIpc) is 2.34. The summed E-state index contributed by atoms with van der Waals surface area (Å²) in [4.78, 5) is 23.2. The Bertz CT molecular complexity index is 460. The highest BCUT2D eigenvalue weighted by molar-refractivity contribution is 6.40. The van der Waals surface area contributed by atoms with Gasteiger partial charge in [0, 0.05) is 16.8 Å². The van der Waals surface area contributed by atoms with Gasteiger partial charge in [0.25, 0.3) is 0 Å². The molecule has 4 nitrogen and oxygen atoms in total. The predicted octanol–water partition coefficient (Wildman–Crippen LogP) is 2.50. The van der Waals surface area contributed by atoms with E-state index in [1.165, 1.54) is 0 Å². The van der Waals surface area contributed by atoms with Gasteiger partial charge < -0.3 is 10.6 Å². The van der Waals surface area contributed by atoms with Gasteiger partial charge in [-0.3, -0.25) is 9.59 Å². The van der Waals surface area contributed by atoms with Crippen molar-refractivity contribution in [1.29, 1.82) is 0 Å². The molecule has 1 aromatic carbocycles. The Hall–Kier alpha value is -1.55. The van der Waals surface area contributed by atoms with Crippen molar-refractivity contribution in [2.24, 2.45) is 0 Å². The van der Waals surface area contributed by atoms with Crippen molar-refractivity contribution in [3.8, 4) is 0 Å². The van der Waals surface area contributed by atoms with Crippen LogP contribution in [0.25, 0.3) is 0 Å². The van der Waals surface area contributed by atoms with E-state index in [1.54, 1.807) is 25.1 Å². The fraction of sp³-hybridized carbons (Fsp3) is 0.385. The van der Waals surface area contributed by atoms with Gasteiger partial charge in [-0.1, -0.05) is 24.6 Å². The molecule has 0 aliphatic heterocycles. The first-order valence-electron chi connectivity index (χ1n) is 5.82. The maximum atomic E-state index is 11.7. The van der Waals surface area contributed by atoms with Crippen molar-refractivity contribution >= 4 is 29.1 Å². The Labute approximate surface area is 112 Å². The normalized spacial score (nSPS) is 11.8. The van der Waals surface area contributed by atoms with Crippen molar-refractivity contribution in [2.75, 3.05) is 5.32 Å². The van der Waals surface area contributed by atoms with Crippen molar-refractivity contribution in [3.05, 3.63) is 28.8 Å².